The number of hydrogen-bond acceptors (Lipinski definition) is 5. The third kappa shape index (κ3) is 4.09. The normalized spacial score (nSPS) is 15.4. The smallest absolute Gasteiger partial charge is 0.351 e. The van der Waals surface area contributed by atoms with Crippen LogP contribution >= 0.6 is 0 Å². The first-order valence-electron chi connectivity index (χ1n) is 7.95. The molecule has 1 unspecified atom stereocenters. The van der Waals surface area contributed by atoms with Crippen LogP contribution in [0.3, 0.4) is 0 Å². The fourth-order valence-corrected chi connectivity index (χ4v) is 2.42. The van der Waals surface area contributed by atoms with Crippen LogP contribution in [-0.2, 0) is 14.3 Å². The van der Waals surface area contributed by atoms with Crippen LogP contribution in [0.25, 0.3) is 0 Å². The number of carbonyl (C=O) groups is 2. The molecule has 2 aromatic carbocycles. The summed E-state index contributed by atoms with van der Waals surface area (Å²) in [6, 6.07) is 12.8. The Bertz CT molecular complexity index is 802. The number of para-hydroxylation sites is 2. The lowest BCUT2D eigenvalue weighted by atomic mass is 10.1. The van der Waals surface area contributed by atoms with E-state index in [1.54, 1.807) is 18.2 Å². The summed E-state index contributed by atoms with van der Waals surface area (Å²) >= 11 is 0. The van der Waals surface area contributed by atoms with E-state index in [1.165, 1.54) is 0 Å². The lowest BCUT2D eigenvalue weighted by molar-refractivity contribution is -0.156. The monoisotopic (exact) mass is 341 g/mol. The maximum atomic E-state index is 12.1. The highest BCUT2D eigenvalue weighted by molar-refractivity contribution is 5.93. The van der Waals surface area contributed by atoms with Gasteiger partial charge < -0.3 is 19.5 Å². The first-order valence-corrected chi connectivity index (χ1v) is 7.95. The molecule has 1 aliphatic heterocycles. The topological polar surface area (TPSA) is 73.9 Å². The molecule has 6 nitrogen and oxygen atoms in total. The summed E-state index contributed by atoms with van der Waals surface area (Å²) in [6.45, 7) is 3.50. The quantitative estimate of drug-likeness (QED) is 0.866. The van der Waals surface area contributed by atoms with E-state index in [0.717, 1.165) is 11.1 Å². The van der Waals surface area contributed by atoms with E-state index in [9.17, 15) is 9.59 Å². The average molecular weight is 341 g/mol. The molecule has 0 radical (unpaired) electrons. The van der Waals surface area contributed by atoms with Crippen molar-refractivity contribution in [1.29, 1.82) is 0 Å². The highest BCUT2D eigenvalue weighted by Gasteiger charge is 2.29. The van der Waals surface area contributed by atoms with E-state index in [-0.39, 0.29) is 13.2 Å². The zero-order valence-electron chi connectivity index (χ0n) is 14.1. The number of ether oxygens (including phenoxy) is 3. The maximum absolute atomic E-state index is 12.1. The van der Waals surface area contributed by atoms with E-state index in [1.807, 2.05) is 38.1 Å². The molecule has 1 N–H and O–H groups in total. The Kier molecular flexibility index (Phi) is 4.88. The Hall–Kier alpha value is -3.02. The number of hydrogen-bond donors (Lipinski definition) is 1. The number of amides is 1. The number of aryl methyl sites for hydroxylation is 2. The minimum Gasteiger partial charge on any atom is -0.485 e. The van der Waals surface area contributed by atoms with E-state index in [4.69, 9.17) is 14.2 Å². The van der Waals surface area contributed by atoms with Crippen molar-refractivity contribution in [2.45, 2.75) is 20.0 Å². The second-order valence-electron chi connectivity index (χ2n) is 5.84. The van der Waals surface area contributed by atoms with Gasteiger partial charge in [0.1, 0.15) is 6.61 Å². The van der Waals surface area contributed by atoms with Crippen molar-refractivity contribution in [3.63, 3.8) is 0 Å². The van der Waals surface area contributed by atoms with Crippen LogP contribution in [0.4, 0.5) is 5.69 Å². The molecule has 0 saturated heterocycles. The largest absolute Gasteiger partial charge is 0.485 e. The third-order valence-corrected chi connectivity index (χ3v) is 3.78. The van der Waals surface area contributed by atoms with Gasteiger partial charge in [-0.2, -0.15) is 0 Å². The molecular weight excluding hydrogens is 322 g/mol. The summed E-state index contributed by atoms with van der Waals surface area (Å²) < 4.78 is 16.1. The van der Waals surface area contributed by atoms with Crippen molar-refractivity contribution in [2.24, 2.45) is 0 Å². The van der Waals surface area contributed by atoms with Gasteiger partial charge in [-0.3, -0.25) is 4.79 Å². The lowest BCUT2D eigenvalue weighted by Gasteiger charge is -2.24. The molecule has 6 heteroatoms. The number of anilines is 1. The number of carbonyl (C=O) groups excluding carboxylic acids is 2. The Morgan fingerprint density at radius 2 is 1.92 bits per heavy atom. The summed E-state index contributed by atoms with van der Waals surface area (Å²) in [5.41, 5.74) is 2.67. The summed E-state index contributed by atoms with van der Waals surface area (Å²) in [6.07, 6.45) is -0.886. The SMILES string of the molecule is Cc1ccc(C)c(NC(=O)COC(=O)C2COc3ccccc3O2)c1. The molecule has 1 atom stereocenters. The second-order valence-corrected chi connectivity index (χ2v) is 5.84. The number of nitrogens with one attached hydrogen (secondary N) is 1. The van der Waals surface area contributed by atoms with Gasteiger partial charge in [0.05, 0.1) is 0 Å². The fraction of sp³-hybridized carbons (Fsp3) is 0.263. The van der Waals surface area contributed by atoms with Crippen LogP contribution in [0.5, 0.6) is 11.5 Å². The third-order valence-electron chi connectivity index (χ3n) is 3.78. The van der Waals surface area contributed by atoms with Gasteiger partial charge in [0.15, 0.2) is 18.1 Å². The zero-order valence-corrected chi connectivity index (χ0v) is 14.1. The summed E-state index contributed by atoms with van der Waals surface area (Å²) in [7, 11) is 0. The molecule has 1 amide bonds. The van der Waals surface area contributed by atoms with E-state index < -0.39 is 18.0 Å². The minimum atomic E-state index is -0.886. The van der Waals surface area contributed by atoms with Crippen molar-refractivity contribution in [3.8, 4) is 11.5 Å². The molecule has 0 bridgehead atoms. The average Bonchev–Trinajstić information content (AvgIpc) is 2.62. The van der Waals surface area contributed by atoms with Gasteiger partial charge in [-0.05, 0) is 43.2 Å². The molecule has 2 aromatic rings. The van der Waals surface area contributed by atoms with Gasteiger partial charge in [-0.25, -0.2) is 4.79 Å². The number of rotatable bonds is 4. The summed E-state index contributed by atoms with van der Waals surface area (Å²) in [5.74, 6) is 0.0274. The van der Waals surface area contributed by atoms with Crippen molar-refractivity contribution < 1.29 is 23.8 Å². The molecule has 25 heavy (non-hydrogen) atoms. The predicted molar refractivity (Wildman–Crippen MR) is 91.9 cm³/mol. The molecular formula is C19H19NO5. The zero-order chi connectivity index (χ0) is 17.8. The highest BCUT2D eigenvalue weighted by atomic mass is 16.6. The molecule has 3 rings (SSSR count). The van der Waals surface area contributed by atoms with Crippen molar-refractivity contribution in [1.82, 2.24) is 0 Å². The Labute approximate surface area is 145 Å². The molecule has 0 spiro atoms. The number of fused-ring (bicyclic) bond motifs is 1. The first-order chi connectivity index (χ1) is 12.0. The molecule has 130 valence electrons. The van der Waals surface area contributed by atoms with Crippen LogP contribution in [-0.4, -0.2) is 31.2 Å². The second kappa shape index (κ2) is 7.25. The molecule has 0 fully saturated rings. The van der Waals surface area contributed by atoms with Crippen LogP contribution < -0.4 is 14.8 Å². The van der Waals surface area contributed by atoms with Gasteiger partial charge in [-0.15, -0.1) is 0 Å². The standard InChI is InChI=1S/C19H19NO5/c1-12-7-8-13(2)14(9-12)20-18(21)11-24-19(22)17-10-23-15-5-3-4-6-16(15)25-17/h3-9,17H,10-11H2,1-2H3,(H,20,21). The van der Waals surface area contributed by atoms with Crippen LogP contribution in [0, 0.1) is 13.8 Å². The van der Waals surface area contributed by atoms with E-state index in [0.29, 0.717) is 17.2 Å². The van der Waals surface area contributed by atoms with Gasteiger partial charge in [-0.1, -0.05) is 24.3 Å². The minimum absolute atomic E-state index is 0.0501. The molecule has 1 heterocycles. The van der Waals surface area contributed by atoms with E-state index >= 15 is 0 Å². The predicted octanol–water partition coefficient (Wildman–Crippen LogP) is 2.63. The molecule has 0 aromatic heterocycles. The fourth-order valence-electron chi connectivity index (χ4n) is 2.42. The van der Waals surface area contributed by atoms with Gasteiger partial charge in [0.25, 0.3) is 5.91 Å². The van der Waals surface area contributed by atoms with E-state index in [2.05, 4.69) is 5.32 Å². The molecule has 0 saturated carbocycles. The van der Waals surface area contributed by atoms with Crippen molar-refractivity contribution >= 4 is 17.6 Å². The van der Waals surface area contributed by atoms with Crippen LogP contribution in [0.15, 0.2) is 42.5 Å². The van der Waals surface area contributed by atoms with Crippen LogP contribution in [0.1, 0.15) is 11.1 Å². The van der Waals surface area contributed by atoms with Gasteiger partial charge >= 0.3 is 5.97 Å². The first kappa shape index (κ1) is 16.8. The van der Waals surface area contributed by atoms with Crippen LogP contribution in [0.2, 0.25) is 0 Å². The van der Waals surface area contributed by atoms with Gasteiger partial charge in [0.2, 0.25) is 6.10 Å². The summed E-state index contributed by atoms with van der Waals surface area (Å²) in [4.78, 5) is 24.1. The Balaban J connectivity index is 1.52. The number of benzene rings is 2. The summed E-state index contributed by atoms with van der Waals surface area (Å²) in [5, 5.41) is 2.74. The molecule has 1 aliphatic rings. The maximum Gasteiger partial charge on any atom is 0.351 e. The lowest BCUT2D eigenvalue weighted by Crippen LogP contribution is -2.39. The Morgan fingerprint density at radius 3 is 2.72 bits per heavy atom. The Morgan fingerprint density at radius 1 is 1.16 bits per heavy atom. The number of esters is 1. The van der Waals surface area contributed by atoms with Crippen molar-refractivity contribution in [3.05, 3.63) is 53.6 Å². The molecule has 0 aliphatic carbocycles. The van der Waals surface area contributed by atoms with Crippen molar-refractivity contribution in [2.75, 3.05) is 18.5 Å². The highest BCUT2D eigenvalue weighted by Crippen LogP contribution is 2.31. The van der Waals surface area contributed by atoms with Gasteiger partial charge in [0, 0.05) is 5.69 Å².